The number of carboxylic acids is 1. The number of benzene rings is 3. The molecule has 1 aromatic heterocycles. The summed E-state index contributed by atoms with van der Waals surface area (Å²) in [6.45, 7) is 1.53. The highest BCUT2D eigenvalue weighted by molar-refractivity contribution is 7.92. The number of rotatable bonds is 9. The quantitative estimate of drug-likeness (QED) is 0.300. The molecular weight excluding hydrogens is 484 g/mol. The molecule has 0 aliphatic rings. The largest absolute Gasteiger partial charge is 0.497 e. The van der Waals surface area contributed by atoms with Crippen LogP contribution < -0.4 is 19.5 Å². The van der Waals surface area contributed by atoms with E-state index in [0.29, 0.717) is 33.8 Å². The minimum absolute atomic E-state index is 0.0153. The van der Waals surface area contributed by atoms with E-state index in [4.69, 9.17) is 9.47 Å². The summed E-state index contributed by atoms with van der Waals surface area (Å²) in [6, 6.07) is 17.8. The van der Waals surface area contributed by atoms with Crippen LogP contribution in [0.1, 0.15) is 18.4 Å². The fourth-order valence-corrected chi connectivity index (χ4v) is 4.45. The van der Waals surface area contributed by atoms with Gasteiger partial charge in [-0.1, -0.05) is 24.3 Å². The molecule has 36 heavy (non-hydrogen) atoms. The molecule has 0 saturated carbocycles. The number of hydrogen-bond acceptors (Lipinski definition) is 8. The van der Waals surface area contributed by atoms with Crippen LogP contribution in [0.3, 0.4) is 0 Å². The maximum absolute atomic E-state index is 13.2. The number of nitrogens with zero attached hydrogens (tertiary/aromatic N) is 2. The van der Waals surface area contributed by atoms with Crippen molar-refractivity contribution in [1.29, 1.82) is 0 Å². The van der Waals surface area contributed by atoms with E-state index in [1.807, 2.05) is 0 Å². The molecule has 1 atom stereocenters. The average molecular weight is 509 g/mol. The van der Waals surface area contributed by atoms with Crippen LogP contribution >= 0.6 is 0 Å². The number of methoxy groups -OCH3 is 2. The molecular formula is C25H24N4O6S. The Morgan fingerprint density at radius 2 is 1.44 bits per heavy atom. The summed E-state index contributed by atoms with van der Waals surface area (Å²) in [5, 5.41) is 12.3. The lowest BCUT2D eigenvalue weighted by Crippen LogP contribution is -2.16. The number of carbonyl (C=O) groups is 1. The molecule has 0 radical (unpaired) electrons. The summed E-state index contributed by atoms with van der Waals surface area (Å²) in [4.78, 5) is 20.2. The molecule has 4 aromatic rings. The highest BCUT2D eigenvalue weighted by Gasteiger charge is 2.21. The van der Waals surface area contributed by atoms with Crippen molar-refractivity contribution in [2.45, 2.75) is 17.7 Å². The van der Waals surface area contributed by atoms with E-state index in [-0.39, 0.29) is 16.5 Å². The van der Waals surface area contributed by atoms with Gasteiger partial charge in [0, 0.05) is 23.9 Å². The monoisotopic (exact) mass is 508 g/mol. The van der Waals surface area contributed by atoms with Crippen LogP contribution in [0.25, 0.3) is 11.0 Å². The predicted octanol–water partition coefficient (Wildman–Crippen LogP) is 4.38. The van der Waals surface area contributed by atoms with Gasteiger partial charge in [-0.25, -0.2) is 18.4 Å². The van der Waals surface area contributed by atoms with Gasteiger partial charge < -0.3 is 19.9 Å². The predicted molar refractivity (Wildman–Crippen MR) is 136 cm³/mol. The van der Waals surface area contributed by atoms with Gasteiger partial charge in [-0.2, -0.15) is 0 Å². The Morgan fingerprint density at radius 1 is 0.889 bits per heavy atom. The van der Waals surface area contributed by atoms with Gasteiger partial charge in [0.15, 0.2) is 11.6 Å². The molecule has 1 unspecified atom stereocenters. The lowest BCUT2D eigenvalue weighted by molar-refractivity contribution is -0.138. The molecule has 0 aliphatic carbocycles. The first kappa shape index (κ1) is 24.7. The first-order valence-corrected chi connectivity index (χ1v) is 12.3. The van der Waals surface area contributed by atoms with Crippen molar-refractivity contribution in [2.75, 3.05) is 24.3 Å². The Balaban J connectivity index is 1.73. The molecule has 0 bridgehead atoms. The van der Waals surface area contributed by atoms with Crippen molar-refractivity contribution < 1.29 is 27.8 Å². The maximum atomic E-state index is 13.2. The average Bonchev–Trinajstić information content (AvgIpc) is 2.88. The molecule has 3 aromatic carbocycles. The van der Waals surface area contributed by atoms with Gasteiger partial charge in [-0.15, -0.1) is 0 Å². The van der Waals surface area contributed by atoms with E-state index in [1.165, 1.54) is 45.4 Å². The number of para-hydroxylation sites is 2. The van der Waals surface area contributed by atoms with Gasteiger partial charge in [-0.05, 0) is 36.8 Å². The first-order valence-electron chi connectivity index (χ1n) is 10.8. The fraction of sp³-hybridized carbons (Fsp3) is 0.160. The van der Waals surface area contributed by atoms with Crippen LogP contribution in [0.2, 0.25) is 0 Å². The Labute approximate surface area is 208 Å². The molecule has 0 aliphatic heterocycles. The maximum Gasteiger partial charge on any atom is 0.310 e. The second-order valence-electron chi connectivity index (χ2n) is 7.87. The number of carboxylic acid groups (broad SMARTS) is 1. The standard InChI is InChI=1S/C25H24N4O6S/c1-15(25(30)31)16-8-10-20(11-9-16)36(32,33)29-24-23(27-21-6-4-5-7-22(21)28-24)26-17-12-18(34-2)14-19(13-17)35-3/h4-15H,1-3H3,(H,26,27)(H,28,29)(H,30,31). The normalized spacial score (nSPS) is 12.1. The van der Waals surface area contributed by atoms with E-state index in [9.17, 15) is 18.3 Å². The van der Waals surface area contributed by atoms with Crippen molar-refractivity contribution in [2.24, 2.45) is 0 Å². The summed E-state index contributed by atoms with van der Waals surface area (Å²) in [5.74, 6) is -0.550. The van der Waals surface area contributed by atoms with Crippen LogP contribution in [0.4, 0.5) is 17.3 Å². The summed E-state index contributed by atoms with van der Waals surface area (Å²) in [5.41, 5.74) is 2.09. The molecule has 0 fully saturated rings. The van der Waals surface area contributed by atoms with Crippen molar-refractivity contribution >= 4 is 44.3 Å². The summed E-state index contributed by atoms with van der Waals surface area (Å²) in [7, 11) is -1.03. The van der Waals surface area contributed by atoms with Crippen LogP contribution in [-0.2, 0) is 14.8 Å². The lowest BCUT2D eigenvalue weighted by Gasteiger charge is -2.15. The summed E-state index contributed by atoms with van der Waals surface area (Å²) >= 11 is 0. The van der Waals surface area contributed by atoms with E-state index < -0.39 is 21.9 Å². The second-order valence-corrected chi connectivity index (χ2v) is 9.55. The Bertz CT molecular complexity index is 1500. The highest BCUT2D eigenvalue weighted by Crippen LogP contribution is 2.31. The SMILES string of the molecule is COc1cc(Nc2nc3ccccc3nc2NS(=O)(=O)c2ccc(C(C)C(=O)O)cc2)cc(OC)c1. The third-order valence-electron chi connectivity index (χ3n) is 5.48. The Kier molecular flexibility index (Phi) is 6.93. The number of hydrogen-bond donors (Lipinski definition) is 3. The van der Waals surface area contributed by atoms with Gasteiger partial charge in [0.05, 0.1) is 36.1 Å². The number of fused-ring (bicyclic) bond motifs is 1. The number of anilines is 3. The van der Waals surface area contributed by atoms with Crippen LogP contribution in [0, 0.1) is 0 Å². The van der Waals surface area contributed by atoms with Gasteiger partial charge in [0.25, 0.3) is 10.0 Å². The molecule has 1 heterocycles. The zero-order valence-electron chi connectivity index (χ0n) is 19.7. The number of ether oxygens (including phenoxy) is 2. The van der Waals surface area contributed by atoms with Crippen LogP contribution in [0.5, 0.6) is 11.5 Å². The summed E-state index contributed by atoms with van der Waals surface area (Å²) < 4.78 is 39.5. The third-order valence-corrected chi connectivity index (χ3v) is 6.83. The third kappa shape index (κ3) is 5.31. The molecule has 10 nitrogen and oxygen atoms in total. The lowest BCUT2D eigenvalue weighted by atomic mass is 10.0. The molecule has 4 rings (SSSR count). The van der Waals surface area contributed by atoms with Gasteiger partial charge >= 0.3 is 5.97 Å². The van der Waals surface area contributed by atoms with Gasteiger partial charge in [0.1, 0.15) is 11.5 Å². The fourth-order valence-electron chi connectivity index (χ4n) is 3.44. The van der Waals surface area contributed by atoms with Crippen molar-refractivity contribution in [3.8, 4) is 11.5 Å². The van der Waals surface area contributed by atoms with Crippen molar-refractivity contribution in [1.82, 2.24) is 9.97 Å². The zero-order valence-corrected chi connectivity index (χ0v) is 20.5. The van der Waals surface area contributed by atoms with Gasteiger partial charge in [-0.3, -0.25) is 9.52 Å². The number of sulfonamides is 1. The van der Waals surface area contributed by atoms with E-state index >= 15 is 0 Å². The minimum atomic E-state index is -4.07. The van der Waals surface area contributed by atoms with Gasteiger partial charge in [0.2, 0.25) is 0 Å². The van der Waals surface area contributed by atoms with Crippen molar-refractivity contribution in [3.63, 3.8) is 0 Å². The molecule has 186 valence electrons. The zero-order chi connectivity index (χ0) is 25.9. The summed E-state index contributed by atoms with van der Waals surface area (Å²) in [6.07, 6.45) is 0. The molecule has 0 saturated heterocycles. The van der Waals surface area contributed by atoms with E-state index in [2.05, 4.69) is 20.0 Å². The smallest absolute Gasteiger partial charge is 0.310 e. The first-order chi connectivity index (χ1) is 17.2. The highest BCUT2D eigenvalue weighted by atomic mass is 32.2. The number of aliphatic carboxylic acids is 1. The second kappa shape index (κ2) is 10.1. The molecule has 11 heteroatoms. The topological polar surface area (TPSA) is 140 Å². The molecule has 3 N–H and O–H groups in total. The molecule has 0 amide bonds. The Hall–Kier alpha value is -4.38. The van der Waals surface area contributed by atoms with E-state index in [0.717, 1.165) is 0 Å². The number of aromatic nitrogens is 2. The van der Waals surface area contributed by atoms with Crippen LogP contribution in [0.15, 0.2) is 71.6 Å². The Morgan fingerprint density at radius 3 is 1.97 bits per heavy atom. The molecule has 0 spiro atoms. The number of nitrogens with one attached hydrogen (secondary N) is 2. The minimum Gasteiger partial charge on any atom is -0.497 e. The van der Waals surface area contributed by atoms with E-state index in [1.54, 1.807) is 42.5 Å². The van der Waals surface area contributed by atoms with Crippen molar-refractivity contribution in [3.05, 3.63) is 72.3 Å². The van der Waals surface area contributed by atoms with Crippen LogP contribution in [-0.4, -0.2) is 43.7 Å².